The number of aryl methyl sites for hydroxylation is 1. The van der Waals surface area contributed by atoms with Gasteiger partial charge in [-0.1, -0.05) is 30.3 Å². The molecular formula is C31H43N7O4. The summed E-state index contributed by atoms with van der Waals surface area (Å²) in [6.45, 7) is 10.6. The summed E-state index contributed by atoms with van der Waals surface area (Å²) in [6, 6.07) is 15.9. The predicted molar refractivity (Wildman–Crippen MR) is 164 cm³/mol. The molecule has 0 spiro atoms. The van der Waals surface area contributed by atoms with E-state index in [1.54, 1.807) is 13.1 Å². The zero-order valence-electron chi connectivity index (χ0n) is 25.0. The minimum absolute atomic E-state index is 0.235. The fourth-order valence-electron chi connectivity index (χ4n) is 3.92. The highest BCUT2D eigenvalue weighted by molar-refractivity contribution is 5.70. The van der Waals surface area contributed by atoms with E-state index in [1.165, 1.54) is 0 Å². The van der Waals surface area contributed by atoms with Crippen molar-refractivity contribution in [2.75, 3.05) is 43.4 Å². The van der Waals surface area contributed by atoms with Gasteiger partial charge in [0.15, 0.2) is 5.82 Å². The lowest BCUT2D eigenvalue weighted by atomic mass is 10.1. The van der Waals surface area contributed by atoms with E-state index in [0.29, 0.717) is 55.9 Å². The molecule has 11 heteroatoms. The Kier molecular flexibility index (Phi) is 13.0. The molecule has 0 atom stereocenters. The van der Waals surface area contributed by atoms with Crippen LogP contribution in [-0.2, 0) is 27.2 Å². The number of pyridine rings is 1. The number of anilines is 2. The fraction of sp³-hybridized carbons (Fsp3) is 0.452. The molecular weight excluding hydrogens is 534 g/mol. The third-order valence-electron chi connectivity index (χ3n) is 5.83. The van der Waals surface area contributed by atoms with Gasteiger partial charge in [0, 0.05) is 38.4 Å². The van der Waals surface area contributed by atoms with Crippen molar-refractivity contribution >= 4 is 23.7 Å². The number of amides is 1. The van der Waals surface area contributed by atoms with E-state index in [-0.39, 0.29) is 12.4 Å². The number of alkyl carbamates (subject to hydrolysis) is 1. The second-order valence-corrected chi connectivity index (χ2v) is 10.6. The normalized spacial score (nSPS) is 11.0. The number of benzene rings is 1. The molecule has 0 radical (unpaired) electrons. The van der Waals surface area contributed by atoms with Gasteiger partial charge in [0.1, 0.15) is 22.9 Å². The molecule has 226 valence electrons. The van der Waals surface area contributed by atoms with Gasteiger partial charge in [0.05, 0.1) is 13.0 Å². The summed E-state index contributed by atoms with van der Waals surface area (Å²) < 4.78 is 10.3. The smallest absolute Gasteiger partial charge is 0.407 e. The van der Waals surface area contributed by atoms with Crippen LogP contribution in [0.15, 0.2) is 54.7 Å². The maximum atomic E-state index is 11.8. The summed E-state index contributed by atoms with van der Waals surface area (Å²) in [5, 5.41) is 12.7. The van der Waals surface area contributed by atoms with Crippen molar-refractivity contribution in [3.63, 3.8) is 0 Å². The standard InChI is InChI=1S/C31H43N7O4/c1-5-41-28(39)14-17-34-26-21-27(36-22-24-10-7-6-8-11-24)38-29(37-26)25-20-23(13-16-33-25)12-9-15-32-18-19-35-30(40)42-31(2,3)4/h6-8,10-11,13,16,20-21,32H,5,9,12,14-15,17-19,22H2,1-4H3,(H,35,40)(H2,34,36,37,38). The number of carbonyl (C=O) groups is 2. The molecule has 0 saturated heterocycles. The number of aromatic nitrogens is 3. The van der Waals surface area contributed by atoms with E-state index in [1.807, 2.05) is 69.3 Å². The number of ether oxygens (including phenoxy) is 2. The van der Waals surface area contributed by atoms with E-state index >= 15 is 0 Å². The van der Waals surface area contributed by atoms with Crippen molar-refractivity contribution in [2.45, 2.75) is 59.1 Å². The van der Waals surface area contributed by atoms with Crippen LogP contribution in [0.2, 0.25) is 0 Å². The quantitative estimate of drug-likeness (QED) is 0.141. The molecule has 3 aromatic rings. The molecule has 1 aromatic carbocycles. The Bertz CT molecular complexity index is 1270. The zero-order chi connectivity index (χ0) is 30.2. The first-order valence-electron chi connectivity index (χ1n) is 14.4. The van der Waals surface area contributed by atoms with Crippen molar-refractivity contribution in [3.05, 3.63) is 65.9 Å². The molecule has 0 aliphatic carbocycles. The second-order valence-electron chi connectivity index (χ2n) is 10.6. The highest BCUT2D eigenvalue weighted by Crippen LogP contribution is 2.21. The van der Waals surface area contributed by atoms with Crippen LogP contribution in [0.3, 0.4) is 0 Å². The van der Waals surface area contributed by atoms with E-state index < -0.39 is 11.7 Å². The van der Waals surface area contributed by atoms with Crippen LogP contribution in [0.4, 0.5) is 16.4 Å². The van der Waals surface area contributed by atoms with Gasteiger partial charge in [0.2, 0.25) is 0 Å². The molecule has 0 saturated carbocycles. The molecule has 0 unspecified atom stereocenters. The summed E-state index contributed by atoms with van der Waals surface area (Å²) in [6.07, 6.45) is 3.35. The SMILES string of the molecule is CCOC(=O)CCNc1cc(NCc2ccccc2)nc(-c2cc(CCCNCCNC(=O)OC(C)(C)C)ccn2)n1. The van der Waals surface area contributed by atoms with Crippen LogP contribution < -0.4 is 21.3 Å². The van der Waals surface area contributed by atoms with Gasteiger partial charge in [-0.05, 0) is 70.3 Å². The molecule has 42 heavy (non-hydrogen) atoms. The van der Waals surface area contributed by atoms with E-state index in [9.17, 15) is 9.59 Å². The van der Waals surface area contributed by atoms with E-state index in [4.69, 9.17) is 14.5 Å². The topological polar surface area (TPSA) is 139 Å². The van der Waals surface area contributed by atoms with Gasteiger partial charge in [-0.15, -0.1) is 0 Å². The first-order chi connectivity index (χ1) is 20.2. The van der Waals surface area contributed by atoms with Crippen molar-refractivity contribution < 1.29 is 19.1 Å². The molecule has 0 aliphatic rings. The van der Waals surface area contributed by atoms with Crippen molar-refractivity contribution in [1.82, 2.24) is 25.6 Å². The third kappa shape index (κ3) is 12.5. The summed E-state index contributed by atoms with van der Waals surface area (Å²) in [4.78, 5) is 37.4. The number of carbonyl (C=O) groups excluding carboxylic acids is 2. The fourth-order valence-corrected chi connectivity index (χ4v) is 3.92. The Morgan fingerprint density at radius 3 is 2.38 bits per heavy atom. The molecule has 11 nitrogen and oxygen atoms in total. The molecule has 0 fully saturated rings. The van der Waals surface area contributed by atoms with Gasteiger partial charge in [0.25, 0.3) is 0 Å². The third-order valence-corrected chi connectivity index (χ3v) is 5.83. The minimum atomic E-state index is -0.506. The summed E-state index contributed by atoms with van der Waals surface area (Å²) in [7, 11) is 0. The number of esters is 1. The Balaban J connectivity index is 1.57. The summed E-state index contributed by atoms with van der Waals surface area (Å²) >= 11 is 0. The zero-order valence-corrected chi connectivity index (χ0v) is 25.0. The number of hydrogen-bond acceptors (Lipinski definition) is 10. The number of hydrogen-bond donors (Lipinski definition) is 4. The van der Waals surface area contributed by atoms with Gasteiger partial charge in [-0.2, -0.15) is 0 Å². The summed E-state index contributed by atoms with van der Waals surface area (Å²) in [5.74, 6) is 1.47. The second kappa shape index (κ2) is 16.9. The minimum Gasteiger partial charge on any atom is -0.466 e. The number of nitrogens with zero attached hydrogens (tertiary/aromatic N) is 3. The Morgan fingerprint density at radius 2 is 1.64 bits per heavy atom. The average Bonchev–Trinajstić information content (AvgIpc) is 2.95. The largest absolute Gasteiger partial charge is 0.466 e. The van der Waals surface area contributed by atoms with Crippen LogP contribution >= 0.6 is 0 Å². The van der Waals surface area contributed by atoms with Crippen molar-refractivity contribution in [2.24, 2.45) is 0 Å². The van der Waals surface area contributed by atoms with Gasteiger partial charge < -0.3 is 30.7 Å². The lowest BCUT2D eigenvalue weighted by Crippen LogP contribution is -2.36. The number of nitrogens with one attached hydrogen (secondary N) is 4. The molecule has 0 bridgehead atoms. The molecule has 4 N–H and O–H groups in total. The Hall–Kier alpha value is -4.25. The molecule has 1 amide bonds. The van der Waals surface area contributed by atoms with Crippen molar-refractivity contribution in [3.8, 4) is 11.5 Å². The lowest BCUT2D eigenvalue weighted by Gasteiger charge is -2.19. The Morgan fingerprint density at radius 1 is 0.881 bits per heavy atom. The van der Waals surface area contributed by atoms with E-state index in [2.05, 4.69) is 31.2 Å². The summed E-state index contributed by atoms with van der Waals surface area (Å²) in [5.41, 5.74) is 2.41. The maximum Gasteiger partial charge on any atom is 0.407 e. The van der Waals surface area contributed by atoms with Crippen LogP contribution in [0, 0.1) is 0 Å². The van der Waals surface area contributed by atoms with Gasteiger partial charge >= 0.3 is 12.1 Å². The highest BCUT2D eigenvalue weighted by atomic mass is 16.6. The predicted octanol–water partition coefficient (Wildman–Crippen LogP) is 4.56. The molecule has 2 aromatic heterocycles. The maximum absolute atomic E-state index is 11.8. The van der Waals surface area contributed by atoms with Crippen LogP contribution in [-0.4, -0.2) is 65.4 Å². The molecule has 3 rings (SSSR count). The molecule has 0 aliphatic heterocycles. The molecule has 2 heterocycles. The average molecular weight is 578 g/mol. The van der Waals surface area contributed by atoms with E-state index in [0.717, 1.165) is 30.5 Å². The van der Waals surface area contributed by atoms with Crippen LogP contribution in [0.5, 0.6) is 0 Å². The van der Waals surface area contributed by atoms with Crippen LogP contribution in [0.1, 0.15) is 51.7 Å². The van der Waals surface area contributed by atoms with Crippen LogP contribution in [0.25, 0.3) is 11.5 Å². The van der Waals surface area contributed by atoms with Gasteiger partial charge in [-0.25, -0.2) is 14.8 Å². The van der Waals surface area contributed by atoms with Gasteiger partial charge in [-0.3, -0.25) is 9.78 Å². The number of rotatable bonds is 16. The first kappa shape index (κ1) is 32.3. The highest BCUT2D eigenvalue weighted by Gasteiger charge is 2.15. The Labute approximate surface area is 248 Å². The first-order valence-corrected chi connectivity index (χ1v) is 14.4. The monoisotopic (exact) mass is 577 g/mol. The van der Waals surface area contributed by atoms with Crippen molar-refractivity contribution in [1.29, 1.82) is 0 Å². The lowest BCUT2D eigenvalue weighted by molar-refractivity contribution is -0.142.